The second-order valence-electron chi connectivity index (χ2n) is 8.73. The lowest BCUT2D eigenvalue weighted by Gasteiger charge is -2.26. The van der Waals surface area contributed by atoms with Gasteiger partial charge >= 0.3 is 17.9 Å². The van der Waals surface area contributed by atoms with Crippen LogP contribution in [0.15, 0.2) is 23.3 Å². The molecule has 2 saturated heterocycles. The molecule has 0 N–H and O–H groups in total. The van der Waals surface area contributed by atoms with Gasteiger partial charge in [-0.2, -0.15) is 0 Å². The van der Waals surface area contributed by atoms with E-state index in [0.717, 1.165) is 12.8 Å². The number of hydrogen-bond acceptors (Lipinski definition) is 8. The van der Waals surface area contributed by atoms with Crippen molar-refractivity contribution < 1.29 is 38.1 Å². The lowest BCUT2D eigenvalue weighted by molar-refractivity contribution is -0.144. The fraction of sp³-hybridized carbons (Fsp3) is 0.667. The highest BCUT2D eigenvalue weighted by Gasteiger charge is 2.65. The molecule has 1 aliphatic carbocycles. The third kappa shape index (κ3) is 3.59. The Morgan fingerprint density at radius 1 is 1.21 bits per heavy atom. The number of ether oxygens (including phenoxy) is 5. The van der Waals surface area contributed by atoms with Crippen molar-refractivity contribution in [2.75, 3.05) is 6.61 Å². The molecule has 3 heterocycles. The molecule has 4 aliphatic rings. The number of fused-ring (bicyclic) bond motifs is 4. The van der Waals surface area contributed by atoms with Gasteiger partial charge in [-0.05, 0) is 33.6 Å². The molecule has 0 amide bonds. The summed E-state index contributed by atoms with van der Waals surface area (Å²) in [4.78, 5) is 36.3. The summed E-state index contributed by atoms with van der Waals surface area (Å²) in [7, 11) is 0. The SMILES string of the molecule is C=C(C)C(=O)O[C@H]1C[C@@]2(C)O[C@@H]2CC[C@@]2(C)O[C@@H]2[C@H]2OC(=O)C(COC(C)=O)=C12. The van der Waals surface area contributed by atoms with Crippen LogP contribution in [0.2, 0.25) is 0 Å². The Bertz CT molecular complexity index is 829. The molecule has 0 radical (unpaired) electrons. The van der Waals surface area contributed by atoms with Crippen LogP contribution in [0, 0.1) is 0 Å². The molecule has 0 aromatic rings. The highest BCUT2D eigenvalue weighted by atomic mass is 16.7. The Balaban J connectivity index is 1.75. The van der Waals surface area contributed by atoms with Crippen molar-refractivity contribution in [3.05, 3.63) is 23.3 Å². The Morgan fingerprint density at radius 2 is 1.93 bits per heavy atom. The number of esters is 3. The molecule has 4 rings (SSSR count). The Morgan fingerprint density at radius 3 is 2.59 bits per heavy atom. The molecule has 8 heteroatoms. The van der Waals surface area contributed by atoms with E-state index in [1.807, 2.05) is 13.8 Å². The molecule has 158 valence electrons. The van der Waals surface area contributed by atoms with E-state index in [0.29, 0.717) is 12.0 Å². The standard InChI is InChI=1S/C21H26O8/c1-10(2)18(23)26-13-8-21(5)14(28-21)6-7-20(4)17(29-20)16-15(13)12(19(24)27-16)9-25-11(3)22/h13-14,16-17H,1,6-9H2,2-5H3/t13-,14+,16-,17+,20+,21+/m0/s1. The average molecular weight is 406 g/mol. The number of carbonyl (C=O) groups excluding carboxylic acids is 3. The molecule has 0 bridgehead atoms. The van der Waals surface area contributed by atoms with Crippen LogP contribution in [0.4, 0.5) is 0 Å². The molecule has 1 saturated carbocycles. The zero-order valence-corrected chi connectivity index (χ0v) is 17.1. The molecule has 0 spiro atoms. The van der Waals surface area contributed by atoms with Crippen LogP contribution >= 0.6 is 0 Å². The van der Waals surface area contributed by atoms with Crippen LogP contribution in [0.3, 0.4) is 0 Å². The molecule has 0 aromatic carbocycles. The van der Waals surface area contributed by atoms with Gasteiger partial charge in [-0.15, -0.1) is 0 Å². The molecule has 3 fully saturated rings. The van der Waals surface area contributed by atoms with Crippen LogP contribution in [0.5, 0.6) is 0 Å². The highest BCUT2D eigenvalue weighted by molar-refractivity contribution is 5.94. The number of epoxide rings is 2. The zero-order valence-electron chi connectivity index (χ0n) is 17.1. The largest absolute Gasteiger partial charge is 0.461 e. The molecule has 29 heavy (non-hydrogen) atoms. The Kier molecular flexibility index (Phi) is 4.62. The third-order valence-electron chi connectivity index (χ3n) is 6.24. The topological polar surface area (TPSA) is 104 Å². The maximum Gasteiger partial charge on any atom is 0.338 e. The first-order valence-electron chi connectivity index (χ1n) is 9.83. The van der Waals surface area contributed by atoms with Crippen molar-refractivity contribution in [1.82, 2.24) is 0 Å². The predicted molar refractivity (Wildman–Crippen MR) is 98.6 cm³/mol. The molecule has 6 atom stereocenters. The van der Waals surface area contributed by atoms with Crippen molar-refractivity contribution in [3.63, 3.8) is 0 Å². The Labute approximate surface area is 169 Å². The van der Waals surface area contributed by atoms with E-state index in [4.69, 9.17) is 23.7 Å². The van der Waals surface area contributed by atoms with Gasteiger partial charge in [0.05, 0.1) is 22.9 Å². The lowest BCUT2D eigenvalue weighted by atomic mass is 9.83. The first-order chi connectivity index (χ1) is 13.5. The fourth-order valence-corrected chi connectivity index (χ4v) is 4.36. The first-order valence-corrected chi connectivity index (χ1v) is 9.83. The van der Waals surface area contributed by atoms with Crippen molar-refractivity contribution in [3.8, 4) is 0 Å². The van der Waals surface area contributed by atoms with E-state index >= 15 is 0 Å². The minimum Gasteiger partial charge on any atom is -0.461 e. The second kappa shape index (κ2) is 6.67. The minimum absolute atomic E-state index is 0.0299. The number of carbonyl (C=O) groups is 3. The van der Waals surface area contributed by atoms with Gasteiger partial charge in [-0.1, -0.05) is 6.58 Å². The first kappa shape index (κ1) is 20.1. The molecule has 8 nitrogen and oxygen atoms in total. The molecule has 0 aromatic heterocycles. The van der Waals surface area contributed by atoms with Crippen LogP contribution in [-0.2, 0) is 38.1 Å². The summed E-state index contributed by atoms with van der Waals surface area (Å²) in [6, 6.07) is 0. The van der Waals surface area contributed by atoms with Crippen LogP contribution in [0.25, 0.3) is 0 Å². The van der Waals surface area contributed by atoms with Crippen LogP contribution in [-0.4, -0.2) is 60.1 Å². The maximum atomic E-state index is 12.6. The summed E-state index contributed by atoms with van der Waals surface area (Å²) in [5.74, 6) is -1.67. The number of rotatable bonds is 4. The van der Waals surface area contributed by atoms with E-state index in [1.54, 1.807) is 6.92 Å². The van der Waals surface area contributed by atoms with E-state index in [-0.39, 0.29) is 30.0 Å². The molecular formula is C21H26O8. The molecular weight excluding hydrogens is 380 g/mol. The summed E-state index contributed by atoms with van der Waals surface area (Å²) in [6.07, 6.45) is 0.168. The fourth-order valence-electron chi connectivity index (χ4n) is 4.36. The highest BCUT2D eigenvalue weighted by Crippen LogP contribution is 2.54. The van der Waals surface area contributed by atoms with E-state index in [2.05, 4.69) is 6.58 Å². The minimum atomic E-state index is -0.775. The van der Waals surface area contributed by atoms with Gasteiger partial charge in [0.2, 0.25) is 0 Å². The van der Waals surface area contributed by atoms with Gasteiger partial charge in [0.15, 0.2) is 6.10 Å². The van der Waals surface area contributed by atoms with Crippen molar-refractivity contribution in [2.24, 2.45) is 0 Å². The second-order valence-corrected chi connectivity index (χ2v) is 8.73. The van der Waals surface area contributed by atoms with Crippen molar-refractivity contribution >= 4 is 17.9 Å². The summed E-state index contributed by atoms with van der Waals surface area (Å²) in [6.45, 7) is 10.2. The van der Waals surface area contributed by atoms with Crippen LogP contribution < -0.4 is 0 Å². The smallest absolute Gasteiger partial charge is 0.338 e. The summed E-state index contributed by atoms with van der Waals surface area (Å²) in [5.41, 5.74) is 0.0199. The average Bonchev–Trinajstić information content (AvgIpc) is 3.44. The Hall–Kier alpha value is -2.19. The lowest BCUT2D eigenvalue weighted by Crippen LogP contribution is -2.36. The summed E-state index contributed by atoms with van der Waals surface area (Å²) in [5, 5.41) is 0. The third-order valence-corrected chi connectivity index (χ3v) is 6.24. The predicted octanol–water partition coefficient (Wildman–Crippen LogP) is 1.76. The van der Waals surface area contributed by atoms with E-state index in [9.17, 15) is 14.4 Å². The normalized spacial score (nSPS) is 40.1. The zero-order chi connectivity index (χ0) is 21.1. The van der Waals surface area contributed by atoms with Crippen LogP contribution in [0.1, 0.15) is 47.0 Å². The molecule has 0 unspecified atom stereocenters. The number of hydrogen-bond donors (Lipinski definition) is 0. The van der Waals surface area contributed by atoms with E-state index in [1.165, 1.54) is 6.92 Å². The van der Waals surface area contributed by atoms with Gasteiger partial charge in [-0.25, -0.2) is 9.59 Å². The van der Waals surface area contributed by atoms with Crippen molar-refractivity contribution in [2.45, 2.75) is 82.6 Å². The quantitative estimate of drug-likeness (QED) is 0.301. The van der Waals surface area contributed by atoms with Crippen molar-refractivity contribution in [1.29, 1.82) is 0 Å². The summed E-state index contributed by atoms with van der Waals surface area (Å²) < 4.78 is 28.3. The van der Waals surface area contributed by atoms with Gasteiger partial charge in [0, 0.05) is 24.5 Å². The van der Waals surface area contributed by atoms with Gasteiger partial charge in [0.1, 0.15) is 18.8 Å². The van der Waals surface area contributed by atoms with E-state index < -0.39 is 41.3 Å². The summed E-state index contributed by atoms with van der Waals surface area (Å²) >= 11 is 0. The monoisotopic (exact) mass is 406 g/mol. The van der Waals surface area contributed by atoms with Gasteiger partial charge < -0.3 is 23.7 Å². The van der Waals surface area contributed by atoms with Gasteiger partial charge in [-0.3, -0.25) is 4.79 Å². The maximum absolute atomic E-state index is 12.6. The molecule has 3 aliphatic heterocycles. The van der Waals surface area contributed by atoms with Gasteiger partial charge in [0.25, 0.3) is 0 Å².